The van der Waals surface area contributed by atoms with Crippen molar-refractivity contribution in [1.82, 2.24) is 20.2 Å². The quantitative estimate of drug-likeness (QED) is 0.365. The molecule has 2 aromatic heterocycles. The predicted octanol–water partition coefficient (Wildman–Crippen LogP) is 5.75. The van der Waals surface area contributed by atoms with Gasteiger partial charge in [-0.05, 0) is 55.9 Å². The van der Waals surface area contributed by atoms with E-state index in [0.717, 1.165) is 41.1 Å². The Hall–Kier alpha value is -2.34. The number of nitrogens with zero attached hydrogens (tertiary/aromatic N) is 2. The molecule has 4 rings (SSSR count). The fourth-order valence-electron chi connectivity index (χ4n) is 4.42. The van der Waals surface area contributed by atoms with E-state index in [9.17, 15) is 4.79 Å². The van der Waals surface area contributed by atoms with Crippen molar-refractivity contribution in [2.75, 3.05) is 0 Å². The van der Waals surface area contributed by atoms with Gasteiger partial charge in [0, 0.05) is 22.6 Å². The summed E-state index contributed by atoms with van der Waals surface area (Å²) in [6.07, 6.45) is 8.14. The molecule has 1 aromatic carbocycles. The van der Waals surface area contributed by atoms with E-state index in [1.165, 1.54) is 43.2 Å². The highest BCUT2D eigenvalue weighted by Crippen LogP contribution is 2.28. The molecule has 0 amide bonds. The maximum atomic E-state index is 12.7. The third-order valence-corrected chi connectivity index (χ3v) is 7.36. The van der Waals surface area contributed by atoms with Crippen LogP contribution in [0.2, 0.25) is 0 Å². The Kier molecular flexibility index (Phi) is 6.96. The van der Waals surface area contributed by atoms with Gasteiger partial charge in [-0.25, -0.2) is 4.98 Å². The Morgan fingerprint density at radius 1 is 1.10 bits per heavy atom. The van der Waals surface area contributed by atoms with Crippen molar-refractivity contribution in [1.29, 1.82) is 0 Å². The van der Waals surface area contributed by atoms with Gasteiger partial charge in [-0.3, -0.25) is 9.89 Å². The normalized spacial score (nSPS) is 14.8. The van der Waals surface area contributed by atoms with E-state index >= 15 is 0 Å². The van der Waals surface area contributed by atoms with Crippen LogP contribution in [0.3, 0.4) is 0 Å². The summed E-state index contributed by atoms with van der Waals surface area (Å²) in [4.78, 5) is 20.5. The van der Waals surface area contributed by atoms with Gasteiger partial charge in [-0.1, -0.05) is 62.9 Å². The molecule has 2 heterocycles. The Bertz CT molecular complexity index is 1100. The average molecular weight is 437 g/mol. The molecule has 6 heteroatoms. The maximum Gasteiger partial charge on any atom is 0.254 e. The van der Waals surface area contributed by atoms with Crippen LogP contribution in [0.5, 0.6) is 0 Å². The molecular formula is C25H32N4OS. The van der Waals surface area contributed by atoms with Crippen molar-refractivity contribution in [2.45, 2.75) is 76.6 Å². The summed E-state index contributed by atoms with van der Waals surface area (Å²) in [5.74, 6) is 1.36. The molecule has 1 fully saturated rings. The summed E-state index contributed by atoms with van der Waals surface area (Å²) in [5.41, 5.74) is 7.50. The maximum absolute atomic E-state index is 12.7. The average Bonchev–Trinajstić information content (AvgIpc) is 3.24. The molecule has 5 nitrogen and oxygen atoms in total. The lowest BCUT2D eigenvalue weighted by Gasteiger charge is -2.22. The van der Waals surface area contributed by atoms with Crippen LogP contribution in [0, 0.1) is 19.8 Å². The molecule has 0 unspecified atom stereocenters. The van der Waals surface area contributed by atoms with Crippen molar-refractivity contribution in [2.24, 2.45) is 5.92 Å². The minimum Gasteiger partial charge on any atom is -0.301 e. The van der Waals surface area contributed by atoms with Crippen LogP contribution in [-0.2, 0) is 18.6 Å². The molecule has 1 aliphatic rings. The van der Waals surface area contributed by atoms with Gasteiger partial charge in [0.05, 0.1) is 11.4 Å². The van der Waals surface area contributed by atoms with Crippen molar-refractivity contribution >= 4 is 11.8 Å². The second-order valence-corrected chi connectivity index (χ2v) is 9.69. The topological polar surface area (TPSA) is 74.4 Å². The van der Waals surface area contributed by atoms with Gasteiger partial charge in [-0.2, -0.15) is 5.10 Å². The molecule has 0 spiro atoms. The molecule has 1 aliphatic carbocycles. The van der Waals surface area contributed by atoms with Crippen LogP contribution >= 0.6 is 11.8 Å². The Labute approximate surface area is 188 Å². The van der Waals surface area contributed by atoms with Gasteiger partial charge in [0.2, 0.25) is 0 Å². The highest BCUT2D eigenvalue weighted by molar-refractivity contribution is 7.98. The van der Waals surface area contributed by atoms with E-state index in [-0.39, 0.29) is 5.56 Å². The smallest absolute Gasteiger partial charge is 0.254 e. The van der Waals surface area contributed by atoms with Gasteiger partial charge < -0.3 is 4.98 Å². The summed E-state index contributed by atoms with van der Waals surface area (Å²) < 4.78 is 0. The first kappa shape index (κ1) is 21.9. The molecule has 0 saturated heterocycles. The van der Waals surface area contributed by atoms with Crippen molar-refractivity contribution in [3.05, 3.63) is 62.7 Å². The lowest BCUT2D eigenvalue weighted by atomic mass is 9.85. The number of nitrogens with one attached hydrogen (secondary N) is 2. The summed E-state index contributed by atoms with van der Waals surface area (Å²) in [6.45, 7) is 6.28. The van der Waals surface area contributed by atoms with Crippen molar-refractivity contribution < 1.29 is 0 Å². The van der Waals surface area contributed by atoms with Gasteiger partial charge >= 0.3 is 0 Å². The largest absolute Gasteiger partial charge is 0.301 e. The number of aromatic amines is 2. The Morgan fingerprint density at radius 2 is 1.90 bits per heavy atom. The molecule has 0 radical (unpaired) electrons. The number of thioether (sulfide) groups is 1. The first-order valence-electron chi connectivity index (χ1n) is 11.4. The molecule has 164 valence electrons. The van der Waals surface area contributed by atoms with Crippen LogP contribution in [-0.4, -0.2) is 20.2 Å². The number of hydrogen-bond donors (Lipinski definition) is 2. The van der Waals surface area contributed by atoms with Crippen molar-refractivity contribution in [3.63, 3.8) is 0 Å². The Balaban J connectivity index is 1.47. The zero-order valence-corrected chi connectivity index (χ0v) is 19.6. The van der Waals surface area contributed by atoms with Gasteiger partial charge in [0.25, 0.3) is 5.56 Å². The van der Waals surface area contributed by atoms with E-state index < -0.39 is 0 Å². The van der Waals surface area contributed by atoms with E-state index in [0.29, 0.717) is 16.8 Å². The lowest BCUT2D eigenvalue weighted by Crippen LogP contribution is -2.21. The monoisotopic (exact) mass is 436 g/mol. The molecule has 1 saturated carbocycles. The Morgan fingerprint density at radius 3 is 2.65 bits per heavy atom. The van der Waals surface area contributed by atoms with Gasteiger partial charge in [0.15, 0.2) is 5.16 Å². The number of hydrogen-bond acceptors (Lipinski definition) is 4. The molecule has 0 bridgehead atoms. The summed E-state index contributed by atoms with van der Waals surface area (Å²) in [7, 11) is 0. The molecule has 0 aliphatic heterocycles. The fourth-order valence-corrected chi connectivity index (χ4v) is 5.20. The van der Waals surface area contributed by atoms with Gasteiger partial charge in [-0.15, -0.1) is 0 Å². The van der Waals surface area contributed by atoms with E-state index in [2.05, 4.69) is 53.3 Å². The summed E-state index contributed by atoms with van der Waals surface area (Å²) in [5, 5.41) is 8.32. The minimum atomic E-state index is 0.0197. The number of benzene rings is 1. The summed E-state index contributed by atoms with van der Waals surface area (Å²) >= 11 is 1.56. The lowest BCUT2D eigenvalue weighted by molar-refractivity contribution is 0.352. The number of aromatic nitrogens is 4. The molecule has 0 atom stereocenters. The molecular weight excluding hydrogens is 404 g/mol. The molecule has 2 N–H and O–H groups in total. The third kappa shape index (κ3) is 5.29. The van der Waals surface area contributed by atoms with Crippen LogP contribution in [0.25, 0.3) is 11.3 Å². The van der Waals surface area contributed by atoms with Crippen LogP contribution in [0.1, 0.15) is 67.1 Å². The highest BCUT2D eigenvalue weighted by Gasteiger charge is 2.18. The first-order chi connectivity index (χ1) is 15.0. The first-order valence-corrected chi connectivity index (χ1v) is 12.4. The SMILES string of the molecule is CCc1c(CC2CCCCC2)nc(SCc2cc(-c3ccc(C)c(C)c3)n[nH]2)[nH]c1=O. The zero-order valence-electron chi connectivity index (χ0n) is 18.8. The second-order valence-electron chi connectivity index (χ2n) is 8.72. The van der Waals surface area contributed by atoms with E-state index in [4.69, 9.17) is 4.98 Å². The highest BCUT2D eigenvalue weighted by atomic mass is 32.2. The molecule has 31 heavy (non-hydrogen) atoms. The second kappa shape index (κ2) is 9.86. The third-order valence-electron chi connectivity index (χ3n) is 6.44. The number of H-pyrrole nitrogens is 2. The predicted molar refractivity (Wildman–Crippen MR) is 128 cm³/mol. The summed E-state index contributed by atoms with van der Waals surface area (Å²) in [6, 6.07) is 8.49. The van der Waals surface area contributed by atoms with Crippen LogP contribution in [0.4, 0.5) is 0 Å². The van der Waals surface area contributed by atoms with E-state index in [1.807, 2.05) is 6.92 Å². The van der Waals surface area contributed by atoms with Crippen LogP contribution < -0.4 is 5.56 Å². The zero-order chi connectivity index (χ0) is 21.8. The van der Waals surface area contributed by atoms with Gasteiger partial charge in [0.1, 0.15) is 0 Å². The van der Waals surface area contributed by atoms with E-state index in [1.54, 1.807) is 11.8 Å². The number of aryl methyl sites for hydroxylation is 2. The molecule has 3 aromatic rings. The minimum absolute atomic E-state index is 0.0197. The number of rotatable bonds is 7. The van der Waals surface area contributed by atoms with Crippen molar-refractivity contribution in [3.8, 4) is 11.3 Å². The fraction of sp³-hybridized carbons (Fsp3) is 0.480. The standard InChI is InChI=1S/C25H32N4OS/c1-4-21-23(13-18-8-6-5-7-9-18)26-25(27-24(21)30)31-15-20-14-22(29-28-20)19-11-10-16(2)17(3)12-19/h10-12,14,18H,4-9,13,15H2,1-3H3,(H,28,29)(H,26,27,30). The van der Waals surface area contributed by atoms with Crippen LogP contribution in [0.15, 0.2) is 34.2 Å².